The highest BCUT2D eigenvalue weighted by Crippen LogP contribution is 2.25. The highest BCUT2D eigenvalue weighted by Gasteiger charge is 2.34. The number of hydrogen-bond donors (Lipinski definition) is 0. The van der Waals surface area contributed by atoms with Crippen LogP contribution < -0.4 is 5.01 Å². The summed E-state index contributed by atoms with van der Waals surface area (Å²) < 4.78 is 0. The largest absolute Gasteiger partial charge is 0.306 e. The molecule has 0 N–H and O–H groups in total. The molecule has 0 spiro atoms. The van der Waals surface area contributed by atoms with Crippen LogP contribution in [0.3, 0.4) is 0 Å². The van der Waals surface area contributed by atoms with Gasteiger partial charge < -0.3 is 5.01 Å². The number of benzene rings is 1. The van der Waals surface area contributed by atoms with Crippen molar-refractivity contribution in [1.82, 2.24) is 5.01 Å². The number of hydrazine groups is 1. The van der Waals surface area contributed by atoms with Crippen molar-refractivity contribution >= 4 is 5.69 Å². The lowest BCUT2D eigenvalue weighted by atomic mass is 10.3. The highest BCUT2D eigenvalue weighted by atomic mass is 15.7. The van der Waals surface area contributed by atoms with Gasteiger partial charge in [-0.2, -0.15) is 0 Å². The van der Waals surface area contributed by atoms with E-state index >= 15 is 0 Å². The van der Waals surface area contributed by atoms with Gasteiger partial charge in [0.1, 0.15) is 0 Å². The standard InChI is InChI=1S/C11H16N2/c1-3-12(13-9-10(13)2)11-7-5-4-6-8-11/h4-8,10H,3,9H2,1-2H3. The molecule has 2 unspecified atom stereocenters. The Morgan fingerprint density at radius 2 is 2.00 bits per heavy atom. The number of para-hydroxylation sites is 1. The van der Waals surface area contributed by atoms with E-state index < -0.39 is 0 Å². The summed E-state index contributed by atoms with van der Waals surface area (Å²) in [5.74, 6) is 0. The summed E-state index contributed by atoms with van der Waals surface area (Å²) in [7, 11) is 0. The lowest BCUT2D eigenvalue weighted by molar-refractivity contribution is 0.477. The van der Waals surface area contributed by atoms with Crippen LogP contribution >= 0.6 is 0 Å². The Bertz CT molecular complexity index is 271. The van der Waals surface area contributed by atoms with Crippen molar-refractivity contribution in [3.05, 3.63) is 30.3 Å². The molecule has 2 heteroatoms. The van der Waals surface area contributed by atoms with Crippen molar-refractivity contribution in [2.75, 3.05) is 18.1 Å². The SMILES string of the molecule is CCN(c1ccccc1)N1CC1C. The Morgan fingerprint density at radius 1 is 1.38 bits per heavy atom. The van der Waals surface area contributed by atoms with E-state index in [0.717, 1.165) is 12.6 Å². The molecule has 1 heterocycles. The van der Waals surface area contributed by atoms with Crippen molar-refractivity contribution in [3.63, 3.8) is 0 Å². The third kappa shape index (κ3) is 1.68. The van der Waals surface area contributed by atoms with Gasteiger partial charge in [-0.05, 0) is 26.0 Å². The predicted octanol–water partition coefficient (Wildman–Crippen LogP) is 2.13. The number of nitrogens with zero attached hydrogens (tertiary/aromatic N) is 2. The van der Waals surface area contributed by atoms with E-state index in [0.29, 0.717) is 0 Å². The molecule has 0 radical (unpaired) electrons. The van der Waals surface area contributed by atoms with E-state index in [-0.39, 0.29) is 0 Å². The van der Waals surface area contributed by atoms with E-state index in [9.17, 15) is 0 Å². The summed E-state index contributed by atoms with van der Waals surface area (Å²) in [6.07, 6.45) is 0. The van der Waals surface area contributed by atoms with Crippen molar-refractivity contribution < 1.29 is 0 Å². The average Bonchev–Trinajstić information content (AvgIpc) is 2.86. The Hall–Kier alpha value is -1.02. The summed E-state index contributed by atoms with van der Waals surface area (Å²) in [5.41, 5.74) is 1.30. The van der Waals surface area contributed by atoms with Crippen molar-refractivity contribution in [2.24, 2.45) is 0 Å². The van der Waals surface area contributed by atoms with Crippen molar-refractivity contribution in [3.8, 4) is 0 Å². The minimum absolute atomic E-state index is 0.722. The van der Waals surface area contributed by atoms with E-state index in [1.54, 1.807) is 0 Å². The number of rotatable bonds is 3. The quantitative estimate of drug-likeness (QED) is 0.651. The van der Waals surface area contributed by atoms with E-state index in [4.69, 9.17) is 0 Å². The summed E-state index contributed by atoms with van der Waals surface area (Å²) in [6, 6.07) is 11.3. The molecule has 2 atom stereocenters. The van der Waals surface area contributed by atoms with Gasteiger partial charge >= 0.3 is 0 Å². The molecule has 1 fully saturated rings. The molecule has 13 heavy (non-hydrogen) atoms. The summed E-state index contributed by atoms with van der Waals surface area (Å²) >= 11 is 0. The lowest BCUT2D eigenvalue weighted by Crippen LogP contribution is -2.30. The predicted molar refractivity (Wildman–Crippen MR) is 55.6 cm³/mol. The van der Waals surface area contributed by atoms with Crippen molar-refractivity contribution in [2.45, 2.75) is 19.9 Å². The lowest BCUT2D eigenvalue weighted by Gasteiger charge is -2.24. The molecule has 1 aromatic carbocycles. The normalized spacial score (nSPS) is 25.7. The van der Waals surface area contributed by atoms with Crippen LogP contribution in [-0.4, -0.2) is 24.1 Å². The molecule has 0 amide bonds. The summed E-state index contributed by atoms with van der Waals surface area (Å²) in [5, 5.41) is 4.72. The van der Waals surface area contributed by atoms with Gasteiger partial charge in [-0.3, -0.25) is 0 Å². The van der Waals surface area contributed by atoms with Gasteiger partial charge in [-0.1, -0.05) is 18.2 Å². The molecule has 70 valence electrons. The van der Waals surface area contributed by atoms with Crippen LogP contribution in [0.2, 0.25) is 0 Å². The van der Waals surface area contributed by atoms with Gasteiger partial charge in [0.05, 0.1) is 5.69 Å². The first-order valence-electron chi connectivity index (χ1n) is 4.92. The fourth-order valence-corrected chi connectivity index (χ4v) is 1.67. The zero-order valence-corrected chi connectivity index (χ0v) is 8.27. The molecular formula is C11H16N2. The van der Waals surface area contributed by atoms with Crippen LogP contribution in [0, 0.1) is 0 Å². The van der Waals surface area contributed by atoms with Crippen LogP contribution in [0.1, 0.15) is 13.8 Å². The zero-order chi connectivity index (χ0) is 9.26. The molecule has 2 nitrogen and oxygen atoms in total. The summed E-state index contributed by atoms with van der Waals surface area (Å²) in [6.45, 7) is 6.70. The fourth-order valence-electron chi connectivity index (χ4n) is 1.67. The molecule has 0 aliphatic carbocycles. The monoisotopic (exact) mass is 176 g/mol. The fraction of sp³-hybridized carbons (Fsp3) is 0.455. The Balaban J connectivity index is 2.13. The maximum atomic E-state index is 2.38. The smallest absolute Gasteiger partial charge is 0.0522 e. The second-order valence-electron chi connectivity index (χ2n) is 3.52. The van der Waals surface area contributed by atoms with Gasteiger partial charge in [0.2, 0.25) is 0 Å². The second-order valence-corrected chi connectivity index (χ2v) is 3.52. The molecule has 0 bridgehead atoms. The summed E-state index contributed by atoms with van der Waals surface area (Å²) in [4.78, 5) is 0. The highest BCUT2D eigenvalue weighted by molar-refractivity contribution is 5.45. The molecule has 1 aliphatic heterocycles. The van der Waals surface area contributed by atoms with Gasteiger partial charge in [-0.15, -0.1) is 0 Å². The van der Waals surface area contributed by atoms with Crippen molar-refractivity contribution in [1.29, 1.82) is 0 Å². The Labute approximate surface area is 79.7 Å². The molecule has 1 saturated heterocycles. The Morgan fingerprint density at radius 3 is 2.46 bits per heavy atom. The van der Waals surface area contributed by atoms with Gasteiger partial charge in [0.15, 0.2) is 0 Å². The number of anilines is 1. The minimum atomic E-state index is 0.722. The number of hydrogen-bond acceptors (Lipinski definition) is 2. The second kappa shape index (κ2) is 3.38. The van der Waals surface area contributed by atoms with E-state index in [1.165, 1.54) is 12.2 Å². The first-order valence-corrected chi connectivity index (χ1v) is 4.92. The molecular weight excluding hydrogens is 160 g/mol. The maximum Gasteiger partial charge on any atom is 0.0522 e. The molecule has 0 saturated carbocycles. The van der Waals surface area contributed by atoms with Crippen LogP contribution in [0.4, 0.5) is 5.69 Å². The van der Waals surface area contributed by atoms with Crippen LogP contribution in [0.15, 0.2) is 30.3 Å². The first kappa shape index (κ1) is 8.57. The molecule has 1 aliphatic rings. The van der Waals surface area contributed by atoms with E-state index in [2.05, 4.69) is 54.2 Å². The third-order valence-electron chi connectivity index (χ3n) is 2.49. The molecule has 1 aromatic rings. The average molecular weight is 176 g/mol. The topological polar surface area (TPSA) is 6.25 Å². The minimum Gasteiger partial charge on any atom is -0.306 e. The van der Waals surface area contributed by atoms with Gasteiger partial charge in [0.25, 0.3) is 0 Å². The Kier molecular flexibility index (Phi) is 2.23. The third-order valence-corrected chi connectivity index (χ3v) is 2.49. The van der Waals surface area contributed by atoms with Gasteiger partial charge in [0, 0.05) is 19.1 Å². The van der Waals surface area contributed by atoms with Gasteiger partial charge in [-0.25, -0.2) is 5.01 Å². The van der Waals surface area contributed by atoms with Crippen LogP contribution in [-0.2, 0) is 0 Å². The van der Waals surface area contributed by atoms with Crippen LogP contribution in [0.25, 0.3) is 0 Å². The van der Waals surface area contributed by atoms with E-state index in [1.807, 2.05) is 0 Å². The maximum absolute atomic E-state index is 2.38. The van der Waals surface area contributed by atoms with Crippen LogP contribution in [0.5, 0.6) is 0 Å². The molecule has 2 rings (SSSR count). The first-order chi connectivity index (χ1) is 6.33. The zero-order valence-electron chi connectivity index (χ0n) is 8.27. The molecule has 0 aromatic heterocycles.